The van der Waals surface area contributed by atoms with Crippen molar-refractivity contribution in [1.29, 1.82) is 0 Å². The van der Waals surface area contributed by atoms with Crippen molar-refractivity contribution >= 4 is 0 Å². The van der Waals surface area contributed by atoms with Gasteiger partial charge in [-0.1, -0.05) is 13.8 Å². The number of hydrogen-bond acceptors (Lipinski definition) is 3. The second-order valence-electron chi connectivity index (χ2n) is 5.11. The van der Waals surface area contributed by atoms with E-state index in [-0.39, 0.29) is 0 Å². The van der Waals surface area contributed by atoms with Gasteiger partial charge in [-0.05, 0) is 38.8 Å². The lowest BCUT2D eigenvalue weighted by atomic mass is 9.94. The number of rotatable bonds is 5. The summed E-state index contributed by atoms with van der Waals surface area (Å²) in [5.74, 6) is 1.26. The lowest BCUT2D eigenvalue weighted by Crippen LogP contribution is -2.42. The quantitative estimate of drug-likeness (QED) is 0.750. The molecule has 1 aliphatic rings. The fraction of sp³-hybridized carbons (Fsp3) is 1.00. The number of nitrogens with two attached hydrogens (primary N) is 1. The predicted molar refractivity (Wildman–Crippen MR) is 63.8 cm³/mol. The third-order valence-corrected chi connectivity index (χ3v) is 3.67. The zero-order valence-corrected chi connectivity index (χ0v) is 10.6. The molecule has 2 N–H and O–H groups in total. The van der Waals surface area contributed by atoms with E-state index in [0.29, 0.717) is 24.0 Å². The molecule has 0 radical (unpaired) electrons. The van der Waals surface area contributed by atoms with Crippen LogP contribution < -0.4 is 5.73 Å². The Kier molecular flexibility index (Phi) is 5.03. The summed E-state index contributed by atoms with van der Waals surface area (Å²) in [6.45, 7) is 9.45. The summed E-state index contributed by atoms with van der Waals surface area (Å²) in [5, 5.41) is 0. The molecule has 1 rings (SSSR count). The van der Waals surface area contributed by atoms with Gasteiger partial charge >= 0.3 is 0 Å². The van der Waals surface area contributed by atoms with E-state index in [9.17, 15) is 0 Å². The van der Waals surface area contributed by atoms with Crippen LogP contribution in [0.1, 0.15) is 27.2 Å². The average molecular weight is 214 g/mol. The summed E-state index contributed by atoms with van der Waals surface area (Å²) in [7, 11) is 2.20. The van der Waals surface area contributed by atoms with Gasteiger partial charge in [0.2, 0.25) is 0 Å². The van der Waals surface area contributed by atoms with Crippen LogP contribution in [0, 0.1) is 11.8 Å². The molecule has 15 heavy (non-hydrogen) atoms. The summed E-state index contributed by atoms with van der Waals surface area (Å²) < 4.78 is 5.59. The molecule has 1 heterocycles. The smallest absolute Gasteiger partial charge is 0.0702 e. The van der Waals surface area contributed by atoms with E-state index in [1.165, 1.54) is 0 Å². The van der Waals surface area contributed by atoms with Crippen molar-refractivity contribution < 1.29 is 4.74 Å². The maximum Gasteiger partial charge on any atom is 0.0702 e. The first-order chi connectivity index (χ1) is 7.06. The predicted octanol–water partition coefficient (Wildman–Crippen LogP) is 1.33. The van der Waals surface area contributed by atoms with Crippen LogP contribution in [0.2, 0.25) is 0 Å². The van der Waals surface area contributed by atoms with Crippen LogP contribution in [-0.4, -0.2) is 43.8 Å². The Labute approximate surface area is 94.0 Å². The van der Waals surface area contributed by atoms with Gasteiger partial charge in [-0.25, -0.2) is 0 Å². The van der Waals surface area contributed by atoms with E-state index in [1.54, 1.807) is 0 Å². The molecule has 1 saturated heterocycles. The first-order valence-corrected chi connectivity index (χ1v) is 6.08. The highest BCUT2D eigenvalue weighted by Gasteiger charge is 2.29. The lowest BCUT2D eigenvalue weighted by Gasteiger charge is -2.31. The molecule has 0 saturated carbocycles. The van der Waals surface area contributed by atoms with Crippen LogP contribution in [0.3, 0.4) is 0 Å². The fourth-order valence-corrected chi connectivity index (χ4v) is 2.36. The highest BCUT2D eigenvalue weighted by atomic mass is 16.5. The Morgan fingerprint density at radius 2 is 2.13 bits per heavy atom. The van der Waals surface area contributed by atoms with Gasteiger partial charge in [0.05, 0.1) is 6.10 Å². The van der Waals surface area contributed by atoms with Crippen molar-refractivity contribution in [1.82, 2.24) is 4.90 Å². The molecule has 3 heteroatoms. The SMILES string of the molecule is CC(C)C(CN)CN(C)C1CCOC1C. The van der Waals surface area contributed by atoms with Gasteiger partial charge in [0.15, 0.2) is 0 Å². The molecule has 1 fully saturated rings. The number of ether oxygens (including phenoxy) is 1. The Balaban J connectivity index is 2.42. The Morgan fingerprint density at radius 1 is 1.47 bits per heavy atom. The van der Waals surface area contributed by atoms with Crippen molar-refractivity contribution in [3.8, 4) is 0 Å². The van der Waals surface area contributed by atoms with E-state index >= 15 is 0 Å². The van der Waals surface area contributed by atoms with Crippen LogP contribution in [-0.2, 0) is 4.74 Å². The standard InChI is InChI=1S/C12H26N2O/c1-9(2)11(7-13)8-14(4)12-5-6-15-10(12)3/h9-12H,5-8,13H2,1-4H3. The van der Waals surface area contributed by atoms with Gasteiger partial charge in [-0.15, -0.1) is 0 Å². The van der Waals surface area contributed by atoms with E-state index in [1.807, 2.05) is 0 Å². The molecule has 0 spiro atoms. The van der Waals surface area contributed by atoms with Gasteiger partial charge in [0, 0.05) is 19.2 Å². The van der Waals surface area contributed by atoms with Crippen molar-refractivity contribution in [3.63, 3.8) is 0 Å². The fourth-order valence-electron chi connectivity index (χ4n) is 2.36. The van der Waals surface area contributed by atoms with Gasteiger partial charge in [0.1, 0.15) is 0 Å². The van der Waals surface area contributed by atoms with Crippen molar-refractivity contribution in [2.24, 2.45) is 17.6 Å². The maximum absolute atomic E-state index is 5.80. The summed E-state index contributed by atoms with van der Waals surface area (Å²) in [5.41, 5.74) is 5.80. The van der Waals surface area contributed by atoms with Crippen molar-refractivity contribution in [2.75, 3.05) is 26.7 Å². The van der Waals surface area contributed by atoms with E-state index in [4.69, 9.17) is 10.5 Å². The molecular formula is C12H26N2O. The molecule has 0 aromatic carbocycles. The van der Waals surface area contributed by atoms with Crippen LogP contribution in [0.15, 0.2) is 0 Å². The summed E-state index contributed by atoms with van der Waals surface area (Å²) >= 11 is 0. The van der Waals surface area contributed by atoms with Crippen molar-refractivity contribution in [3.05, 3.63) is 0 Å². The second kappa shape index (κ2) is 5.83. The van der Waals surface area contributed by atoms with Gasteiger partial charge in [0.25, 0.3) is 0 Å². The van der Waals surface area contributed by atoms with Crippen molar-refractivity contribution in [2.45, 2.75) is 39.3 Å². The van der Waals surface area contributed by atoms with E-state index in [2.05, 4.69) is 32.7 Å². The second-order valence-corrected chi connectivity index (χ2v) is 5.11. The molecule has 3 atom stereocenters. The highest BCUT2D eigenvalue weighted by Crippen LogP contribution is 2.20. The average Bonchev–Trinajstić information content (AvgIpc) is 2.60. The zero-order chi connectivity index (χ0) is 11.4. The van der Waals surface area contributed by atoms with Gasteiger partial charge < -0.3 is 15.4 Å². The maximum atomic E-state index is 5.80. The van der Waals surface area contributed by atoms with Crippen LogP contribution in [0.4, 0.5) is 0 Å². The summed E-state index contributed by atoms with van der Waals surface area (Å²) in [6, 6.07) is 0.581. The Hall–Kier alpha value is -0.120. The first-order valence-electron chi connectivity index (χ1n) is 6.08. The summed E-state index contributed by atoms with van der Waals surface area (Å²) in [4.78, 5) is 2.43. The van der Waals surface area contributed by atoms with Gasteiger partial charge in [-0.2, -0.15) is 0 Å². The minimum absolute atomic E-state index is 0.376. The Bertz CT molecular complexity index is 184. The molecule has 0 aliphatic carbocycles. The topological polar surface area (TPSA) is 38.5 Å². The Morgan fingerprint density at radius 3 is 2.53 bits per heavy atom. The highest BCUT2D eigenvalue weighted by molar-refractivity contribution is 4.82. The molecule has 0 aromatic heterocycles. The molecule has 1 aliphatic heterocycles. The summed E-state index contributed by atoms with van der Waals surface area (Å²) in [6.07, 6.45) is 1.54. The minimum Gasteiger partial charge on any atom is -0.377 e. The zero-order valence-electron chi connectivity index (χ0n) is 10.6. The number of likely N-dealkylation sites (N-methyl/N-ethyl adjacent to an activating group) is 1. The molecule has 3 nitrogen and oxygen atoms in total. The molecular weight excluding hydrogens is 188 g/mol. The van der Waals surface area contributed by atoms with Crippen LogP contribution in [0.25, 0.3) is 0 Å². The van der Waals surface area contributed by atoms with Crippen LogP contribution in [0.5, 0.6) is 0 Å². The third kappa shape index (κ3) is 3.44. The number of hydrogen-bond donors (Lipinski definition) is 1. The molecule has 90 valence electrons. The largest absolute Gasteiger partial charge is 0.377 e. The van der Waals surface area contributed by atoms with E-state index in [0.717, 1.165) is 26.1 Å². The van der Waals surface area contributed by atoms with E-state index < -0.39 is 0 Å². The first kappa shape index (κ1) is 12.9. The normalized spacial score (nSPS) is 29.0. The lowest BCUT2D eigenvalue weighted by molar-refractivity contribution is 0.0754. The van der Waals surface area contributed by atoms with Crippen LogP contribution >= 0.6 is 0 Å². The molecule has 0 aromatic rings. The number of nitrogens with zero attached hydrogens (tertiary/aromatic N) is 1. The monoisotopic (exact) mass is 214 g/mol. The third-order valence-electron chi connectivity index (χ3n) is 3.67. The van der Waals surface area contributed by atoms with Gasteiger partial charge in [-0.3, -0.25) is 0 Å². The molecule has 3 unspecified atom stereocenters. The molecule has 0 bridgehead atoms. The minimum atomic E-state index is 0.376. The molecule has 0 amide bonds.